The molecule has 0 spiro atoms. The zero-order chi connectivity index (χ0) is 19.3. The molecule has 1 heterocycles. The van der Waals surface area contributed by atoms with Crippen molar-refractivity contribution in [2.75, 3.05) is 13.2 Å². The Kier molecular flexibility index (Phi) is 6.49. The molecule has 1 aromatic rings. The van der Waals surface area contributed by atoms with Crippen LogP contribution in [0.5, 0.6) is 0 Å². The molecular weight excluding hydrogens is 336 g/mol. The Morgan fingerprint density at radius 2 is 1.85 bits per heavy atom. The van der Waals surface area contributed by atoms with E-state index in [-0.39, 0.29) is 34.5 Å². The number of imide groups is 1. The predicted octanol–water partition coefficient (Wildman–Crippen LogP) is 2.15. The van der Waals surface area contributed by atoms with Crippen LogP contribution in [0.1, 0.15) is 71.1 Å². The second-order valence-electron chi connectivity index (χ2n) is 6.33. The summed E-state index contributed by atoms with van der Waals surface area (Å²) in [6, 6.07) is 4.25. The quantitative estimate of drug-likeness (QED) is 0.566. The summed E-state index contributed by atoms with van der Waals surface area (Å²) in [6.45, 7) is 5.73. The third-order valence-corrected chi connectivity index (χ3v) is 4.30. The first-order valence-electron chi connectivity index (χ1n) is 8.85. The van der Waals surface area contributed by atoms with Crippen LogP contribution in [-0.2, 0) is 9.53 Å². The van der Waals surface area contributed by atoms with E-state index in [0.717, 1.165) is 19.3 Å². The van der Waals surface area contributed by atoms with Crippen LogP contribution < -0.4 is 5.32 Å². The minimum absolute atomic E-state index is 0.000987. The highest BCUT2D eigenvalue weighted by Crippen LogP contribution is 2.24. The van der Waals surface area contributed by atoms with Gasteiger partial charge in [-0.2, -0.15) is 0 Å². The third kappa shape index (κ3) is 4.28. The zero-order valence-electron chi connectivity index (χ0n) is 15.3. The molecule has 26 heavy (non-hydrogen) atoms. The first kappa shape index (κ1) is 19.6. The van der Waals surface area contributed by atoms with Crippen LogP contribution in [0.25, 0.3) is 0 Å². The molecule has 0 radical (unpaired) electrons. The molecule has 0 saturated heterocycles. The van der Waals surface area contributed by atoms with E-state index in [1.165, 1.54) is 23.1 Å². The Morgan fingerprint density at radius 3 is 2.50 bits per heavy atom. The van der Waals surface area contributed by atoms with Crippen LogP contribution in [0.4, 0.5) is 0 Å². The van der Waals surface area contributed by atoms with Crippen LogP contribution in [0.3, 0.4) is 0 Å². The number of rotatable bonds is 8. The van der Waals surface area contributed by atoms with Crippen LogP contribution in [-0.4, -0.2) is 47.8 Å². The molecule has 0 bridgehead atoms. The fourth-order valence-electron chi connectivity index (χ4n) is 2.57. The van der Waals surface area contributed by atoms with Gasteiger partial charge in [-0.1, -0.05) is 20.3 Å². The SMILES string of the molecule is CCCCN1C(=O)c2ccc(C(=O)OCC(=O)N[C@H](C)CC)cc2C1=O. The normalized spacial score (nSPS) is 14.2. The van der Waals surface area contributed by atoms with Gasteiger partial charge in [0.25, 0.3) is 17.7 Å². The molecule has 0 aliphatic carbocycles. The number of esters is 1. The maximum absolute atomic E-state index is 12.4. The Labute approximate surface area is 152 Å². The summed E-state index contributed by atoms with van der Waals surface area (Å²) in [7, 11) is 0. The van der Waals surface area contributed by atoms with Gasteiger partial charge in [0, 0.05) is 12.6 Å². The number of benzene rings is 1. The number of amides is 3. The van der Waals surface area contributed by atoms with Gasteiger partial charge in [0.2, 0.25) is 0 Å². The van der Waals surface area contributed by atoms with E-state index in [1.54, 1.807) is 0 Å². The summed E-state index contributed by atoms with van der Waals surface area (Å²) in [5.41, 5.74) is 0.625. The highest BCUT2D eigenvalue weighted by atomic mass is 16.5. The average Bonchev–Trinajstić information content (AvgIpc) is 2.88. The molecule has 1 atom stereocenters. The number of carbonyl (C=O) groups excluding carboxylic acids is 4. The Hall–Kier alpha value is -2.70. The number of carbonyl (C=O) groups is 4. The number of ether oxygens (including phenoxy) is 1. The molecule has 0 unspecified atom stereocenters. The van der Waals surface area contributed by atoms with Crippen molar-refractivity contribution in [2.24, 2.45) is 0 Å². The Balaban J connectivity index is 2.04. The van der Waals surface area contributed by atoms with E-state index >= 15 is 0 Å². The number of nitrogens with one attached hydrogen (secondary N) is 1. The van der Waals surface area contributed by atoms with Crippen LogP contribution in [0.15, 0.2) is 18.2 Å². The predicted molar refractivity (Wildman–Crippen MR) is 94.9 cm³/mol. The molecule has 7 heteroatoms. The van der Waals surface area contributed by atoms with Gasteiger partial charge >= 0.3 is 5.97 Å². The molecule has 140 valence electrons. The summed E-state index contributed by atoms with van der Waals surface area (Å²) in [4.78, 5) is 49.7. The molecule has 0 saturated carbocycles. The molecular formula is C19H24N2O5. The fourth-order valence-corrected chi connectivity index (χ4v) is 2.57. The standard InChI is InChI=1S/C19H24N2O5/c1-4-6-9-21-17(23)14-8-7-13(10-15(14)18(21)24)19(25)26-11-16(22)20-12(3)5-2/h7-8,10,12H,4-6,9,11H2,1-3H3,(H,20,22)/t12-/m1/s1. The van der Waals surface area contributed by atoms with Gasteiger partial charge in [-0.3, -0.25) is 19.3 Å². The van der Waals surface area contributed by atoms with E-state index in [9.17, 15) is 19.2 Å². The minimum Gasteiger partial charge on any atom is -0.452 e. The summed E-state index contributed by atoms with van der Waals surface area (Å²) in [5, 5.41) is 2.69. The number of unbranched alkanes of at least 4 members (excludes halogenated alkanes) is 1. The van der Waals surface area contributed by atoms with Gasteiger partial charge in [-0.05, 0) is 38.0 Å². The highest BCUT2D eigenvalue weighted by molar-refractivity contribution is 6.21. The molecule has 1 aliphatic rings. The molecule has 0 aromatic heterocycles. The third-order valence-electron chi connectivity index (χ3n) is 4.30. The van der Waals surface area contributed by atoms with Gasteiger partial charge < -0.3 is 10.1 Å². The van der Waals surface area contributed by atoms with Gasteiger partial charge in [0.15, 0.2) is 6.61 Å². The van der Waals surface area contributed by atoms with Gasteiger partial charge in [0.1, 0.15) is 0 Å². The van der Waals surface area contributed by atoms with Gasteiger partial charge in [-0.25, -0.2) is 4.79 Å². The first-order chi connectivity index (χ1) is 12.4. The van der Waals surface area contributed by atoms with Crippen LogP contribution >= 0.6 is 0 Å². The minimum atomic E-state index is -0.709. The summed E-state index contributed by atoms with van der Waals surface area (Å²) in [6.07, 6.45) is 2.37. The Bertz CT molecular complexity index is 729. The van der Waals surface area contributed by atoms with Crippen molar-refractivity contribution in [1.29, 1.82) is 0 Å². The second kappa shape index (κ2) is 8.60. The van der Waals surface area contributed by atoms with E-state index in [2.05, 4.69) is 5.32 Å². The first-order valence-corrected chi connectivity index (χ1v) is 8.85. The van der Waals surface area contributed by atoms with E-state index in [1.807, 2.05) is 20.8 Å². The number of fused-ring (bicyclic) bond motifs is 1. The highest BCUT2D eigenvalue weighted by Gasteiger charge is 2.35. The summed E-state index contributed by atoms with van der Waals surface area (Å²) in [5.74, 6) is -1.83. The molecule has 0 fully saturated rings. The second-order valence-corrected chi connectivity index (χ2v) is 6.33. The monoisotopic (exact) mass is 360 g/mol. The number of hydrogen-bond donors (Lipinski definition) is 1. The average molecular weight is 360 g/mol. The van der Waals surface area contributed by atoms with Crippen molar-refractivity contribution >= 4 is 23.7 Å². The smallest absolute Gasteiger partial charge is 0.338 e. The van der Waals surface area contributed by atoms with E-state index in [4.69, 9.17) is 4.74 Å². The van der Waals surface area contributed by atoms with Crippen LogP contribution in [0.2, 0.25) is 0 Å². The van der Waals surface area contributed by atoms with Crippen molar-refractivity contribution < 1.29 is 23.9 Å². The topological polar surface area (TPSA) is 92.8 Å². The lowest BCUT2D eigenvalue weighted by Crippen LogP contribution is -2.35. The van der Waals surface area contributed by atoms with Gasteiger partial charge in [0.05, 0.1) is 16.7 Å². The lowest BCUT2D eigenvalue weighted by Gasteiger charge is -2.12. The maximum atomic E-state index is 12.4. The van der Waals surface area contributed by atoms with Crippen LogP contribution in [0, 0.1) is 0 Å². The molecule has 2 rings (SSSR count). The molecule has 7 nitrogen and oxygen atoms in total. The van der Waals surface area contributed by atoms with Crippen molar-refractivity contribution in [3.8, 4) is 0 Å². The lowest BCUT2D eigenvalue weighted by molar-refractivity contribution is -0.124. The molecule has 3 amide bonds. The van der Waals surface area contributed by atoms with E-state index in [0.29, 0.717) is 6.54 Å². The Morgan fingerprint density at radius 1 is 1.15 bits per heavy atom. The zero-order valence-corrected chi connectivity index (χ0v) is 15.3. The van der Waals surface area contributed by atoms with Crippen molar-refractivity contribution in [2.45, 2.75) is 46.1 Å². The van der Waals surface area contributed by atoms with Crippen molar-refractivity contribution in [1.82, 2.24) is 10.2 Å². The number of nitrogens with zero attached hydrogens (tertiary/aromatic N) is 1. The summed E-state index contributed by atoms with van der Waals surface area (Å²) < 4.78 is 4.99. The molecule has 1 aromatic carbocycles. The fraction of sp³-hybridized carbons (Fsp3) is 0.474. The maximum Gasteiger partial charge on any atom is 0.338 e. The molecule has 1 N–H and O–H groups in total. The molecule has 1 aliphatic heterocycles. The van der Waals surface area contributed by atoms with Gasteiger partial charge in [-0.15, -0.1) is 0 Å². The summed E-state index contributed by atoms with van der Waals surface area (Å²) >= 11 is 0. The van der Waals surface area contributed by atoms with E-state index < -0.39 is 18.5 Å². The van der Waals surface area contributed by atoms with Crippen molar-refractivity contribution in [3.05, 3.63) is 34.9 Å². The lowest BCUT2D eigenvalue weighted by atomic mass is 10.1. The largest absolute Gasteiger partial charge is 0.452 e. The van der Waals surface area contributed by atoms with Crippen molar-refractivity contribution in [3.63, 3.8) is 0 Å². The number of hydrogen-bond acceptors (Lipinski definition) is 5.